The Morgan fingerprint density at radius 2 is 1.11 bits per heavy atom. The fourth-order valence-electron chi connectivity index (χ4n) is 2.74. The molecule has 0 spiro atoms. The molecule has 0 radical (unpaired) electrons. The van der Waals surface area contributed by atoms with Crippen LogP contribution in [0.1, 0.15) is 0 Å². The van der Waals surface area contributed by atoms with Crippen LogP contribution in [0.15, 0.2) is 72.8 Å². The lowest BCUT2D eigenvalue weighted by Crippen LogP contribution is -2.00. The van der Waals surface area contributed by atoms with E-state index in [1.165, 1.54) is 0 Å². The first-order valence-corrected chi connectivity index (χ1v) is 8.39. The van der Waals surface area contributed by atoms with E-state index in [4.69, 9.17) is 6.57 Å². The number of hydrogen-bond donors (Lipinski definition) is 0. The maximum atomic E-state index is 13.9. The maximum absolute atomic E-state index is 13.9. The van der Waals surface area contributed by atoms with E-state index in [0.29, 0.717) is 11.6 Å². The highest BCUT2D eigenvalue weighted by Gasteiger charge is 2.17. The Morgan fingerprint density at radius 3 is 1.61 bits per heavy atom. The van der Waals surface area contributed by atoms with Crippen molar-refractivity contribution in [2.45, 2.75) is 0 Å². The molecule has 0 unspecified atom stereocenters. The minimum atomic E-state index is -1.09. The SMILES string of the molecule is [C-]#[N+]c1cc(F)c(F)cc1-c1nc(-c2ccccc2)nc(-c2ccccc2)n1. The van der Waals surface area contributed by atoms with Crippen molar-refractivity contribution in [3.63, 3.8) is 0 Å². The van der Waals surface area contributed by atoms with E-state index in [2.05, 4.69) is 19.8 Å². The van der Waals surface area contributed by atoms with Crippen LogP contribution in [0.5, 0.6) is 0 Å². The van der Waals surface area contributed by atoms with Crippen molar-refractivity contribution in [1.29, 1.82) is 0 Å². The fourth-order valence-corrected chi connectivity index (χ4v) is 2.74. The van der Waals surface area contributed by atoms with E-state index < -0.39 is 11.6 Å². The number of hydrogen-bond acceptors (Lipinski definition) is 3. The van der Waals surface area contributed by atoms with Gasteiger partial charge in [0.05, 0.1) is 6.57 Å². The van der Waals surface area contributed by atoms with Crippen molar-refractivity contribution in [2.24, 2.45) is 0 Å². The van der Waals surface area contributed by atoms with Gasteiger partial charge in [0.15, 0.2) is 23.3 Å². The predicted molar refractivity (Wildman–Crippen MR) is 102 cm³/mol. The van der Waals surface area contributed by atoms with Crippen LogP contribution in [-0.4, -0.2) is 15.0 Å². The van der Waals surface area contributed by atoms with Crippen molar-refractivity contribution < 1.29 is 8.78 Å². The molecule has 0 saturated heterocycles. The van der Waals surface area contributed by atoms with Crippen LogP contribution >= 0.6 is 0 Å². The molecule has 0 atom stereocenters. The molecule has 0 aliphatic heterocycles. The van der Waals surface area contributed by atoms with Crippen LogP contribution < -0.4 is 0 Å². The van der Waals surface area contributed by atoms with Gasteiger partial charge >= 0.3 is 0 Å². The van der Waals surface area contributed by atoms with Crippen molar-refractivity contribution in [3.05, 3.63) is 95.8 Å². The molecule has 0 aliphatic rings. The zero-order valence-electron chi connectivity index (χ0n) is 14.5. The topological polar surface area (TPSA) is 43.0 Å². The van der Waals surface area contributed by atoms with Gasteiger partial charge in [0, 0.05) is 16.7 Å². The van der Waals surface area contributed by atoms with Gasteiger partial charge in [-0.2, -0.15) is 0 Å². The summed E-state index contributed by atoms with van der Waals surface area (Å²) in [7, 11) is 0. The third kappa shape index (κ3) is 3.33. The number of nitrogens with zero attached hydrogens (tertiary/aromatic N) is 4. The van der Waals surface area contributed by atoms with Gasteiger partial charge in [-0.05, 0) is 12.1 Å². The highest BCUT2D eigenvalue weighted by molar-refractivity contribution is 5.76. The molecule has 0 bridgehead atoms. The number of rotatable bonds is 3. The van der Waals surface area contributed by atoms with Gasteiger partial charge in [-0.15, -0.1) is 0 Å². The lowest BCUT2D eigenvalue weighted by molar-refractivity contribution is 0.509. The molecule has 3 aromatic carbocycles. The van der Waals surface area contributed by atoms with Gasteiger partial charge < -0.3 is 0 Å². The fraction of sp³-hybridized carbons (Fsp3) is 0. The zero-order chi connectivity index (χ0) is 19.5. The van der Waals surface area contributed by atoms with Crippen molar-refractivity contribution in [1.82, 2.24) is 15.0 Å². The summed E-state index contributed by atoms with van der Waals surface area (Å²) in [5.41, 5.74) is 1.54. The molecule has 0 aliphatic carbocycles. The van der Waals surface area contributed by atoms with Gasteiger partial charge in [-0.3, -0.25) is 0 Å². The molecule has 0 N–H and O–H groups in total. The minimum absolute atomic E-state index is 0.0666. The second kappa shape index (κ2) is 7.33. The Morgan fingerprint density at radius 1 is 0.643 bits per heavy atom. The molecule has 0 amide bonds. The molecule has 1 heterocycles. The van der Waals surface area contributed by atoms with E-state index >= 15 is 0 Å². The lowest BCUT2D eigenvalue weighted by Gasteiger charge is -2.09. The molecule has 0 fully saturated rings. The summed E-state index contributed by atoms with van der Waals surface area (Å²) in [4.78, 5) is 16.7. The largest absolute Gasteiger partial charge is 0.237 e. The van der Waals surface area contributed by atoms with Crippen LogP contribution in [0.25, 0.3) is 39.0 Å². The second-order valence-corrected chi connectivity index (χ2v) is 5.93. The molecule has 6 heteroatoms. The third-order valence-electron chi connectivity index (χ3n) is 4.10. The molecular formula is C22H12F2N4. The highest BCUT2D eigenvalue weighted by atomic mass is 19.2. The van der Waals surface area contributed by atoms with Crippen LogP contribution in [0.3, 0.4) is 0 Å². The van der Waals surface area contributed by atoms with E-state index in [1.807, 2.05) is 60.7 Å². The first-order valence-electron chi connectivity index (χ1n) is 8.39. The molecule has 4 rings (SSSR count). The van der Waals surface area contributed by atoms with E-state index in [9.17, 15) is 8.78 Å². The van der Waals surface area contributed by atoms with Gasteiger partial charge in [0.2, 0.25) is 5.69 Å². The first-order chi connectivity index (χ1) is 13.7. The Labute approximate surface area is 160 Å². The number of benzene rings is 3. The second-order valence-electron chi connectivity index (χ2n) is 5.93. The van der Waals surface area contributed by atoms with Crippen LogP contribution in [0.2, 0.25) is 0 Å². The third-order valence-corrected chi connectivity index (χ3v) is 4.10. The molecule has 134 valence electrons. The molecule has 4 aromatic rings. The van der Waals surface area contributed by atoms with Gasteiger partial charge in [0.25, 0.3) is 0 Å². The van der Waals surface area contributed by atoms with E-state index in [0.717, 1.165) is 23.3 Å². The molecule has 0 saturated carbocycles. The first kappa shape index (κ1) is 17.4. The summed E-state index contributed by atoms with van der Waals surface area (Å²) in [6.07, 6.45) is 0. The Kier molecular flexibility index (Phi) is 4.56. The molecule has 4 nitrogen and oxygen atoms in total. The summed E-state index contributed by atoms with van der Waals surface area (Å²) in [5.74, 6) is -1.28. The van der Waals surface area contributed by atoms with E-state index in [1.54, 1.807) is 0 Å². The number of aromatic nitrogens is 3. The quantitative estimate of drug-likeness (QED) is 0.434. The number of halogens is 2. The van der Waals surface area contributed by atoms with Crippen LogP contribution in [0, 0.1) is 18.2 Å². The van der Waals surface area contributed by atoms with E-state index in [-0.39, 0.29) is 17.1 Å². The van der Waals surface area contributed by atoms with Gasteiger partial charge in [-0.25, -0.2) is 28.6 Å². The predicted octanol–water partition coefficient (Wildman–Crippen LogP) is 5.70. The Hall–Kier alpha value is -3.98. The van der Waals surface area contributed by atoms with Gasteiger partial charge in [0.1, 0.15) is 5.82 Å². The summed E-state index contributed by atoms with van der Waals surface area (Å²) in [5, 5.41) is 0. The lowest BCUT2D eigenvalue weighted by atomic mass is 10.1. The van der Waals surface area contributed by atoms with Crippen molar-refractivity contribution in [3.8, 4) is 34.2 Å². The molecular weight excluding hydrogens is 358 g/mol. The molecule has 28 heavy (non-hydrogen) atoms. The normalized spacial score (nSPS) is 10.5. The van der Waals surface area contributed by atoms with Crippen LogP contribution in [-0.2, 0) is 0 Å². The Bertz CT molecular complexity index is 1130. The summed E-state index contributed by atoms with van der Waals surface area (Å²) >= 11 is 0. The monoisotopic (exact) mass is 370 g/mol. The summed E-state index contributed by atoms with van der Waals surface area (Å²) in [6, 6.07) is 20.3. The highest BCUT2D eigenvalue weighted by Crippen LogP contribution is 2.32. The zero-order valence-corrected chi connectivity index (χ0v) is 14.5. The molecule has 1 aromatic heterocycles. The smallest absolute Gasteiger partial charge is 0.201 e. The Balaban J connectivity index is 1.98. The standard InChI is InChI=1S/C22H12F2N4/c1-25-19-13-18(24)17(23)12-16(19)22-27-20(14-8-4-2-5-9-14)26-21(28-22)15-10-6-3-7-11-15/h2-13H. The average molecular weight is 370 g/mol. The minimum Gasteiger partial charge on any atom is -0.237 e. The van der Waals surface area contributed by atoms with Gasteiger partial charge in [-0.1, -0.05) is 60.7 Å². The van der Waals surface area contributed by atoms with Crippen molar-refractivity contribution >= 4 is 5.69 Å². The maximum Gasteiger partial charge on any atom is 0.201 e. The summed E-state index contributed by atoms with van der Waals surface area (Å²) < 4.78 is 27.5. The summed E-state index contributed by atoms with van der Waals surface area (Å²) in [6.45, 7) is 7.30. The van der Waals surface area contributed by atoms with Crippen molar-refractivity contribution in [2.75, 3.05) is 0 Å². The average Bonchev–Trinajstić information content (AvgIpc) is 2.76. The van der Waals surface area contributed by atoms with Crippen LogP contribution in [0.4, 0.5) is 14.5 Å².